The number of amides is 1. The number of hydrogen-bond acceptors (Lipinski definition) is 7. The molecule has 1 saturated heterocycles. The largest absolute Gasteiger partial charge is 0.474 e. The number of fused-ring (bicyclic) bond motifs is 3. The number of rotatable bonds is 5. The van der Waals surface area contributed by atoms with Gasteiger partial charge in [-0.3, -0.25) is 9.69 Å². The van der Waals surface area contributed by atoms with Gasteiger partial charge in [0.25, 0.3) is 0 Å². The van der Waals surface area contributed by atoms with Gasteiger partial charge in [0.1, 0.15) is 17.3 Å². The predicted molar refractivity (Wildman–Crippen MR) is 111 cm³/mol. The third-order valence-electron chi connectivity index (χ3n) is 5.86. The van der Waals surface area contributed by atoms with Gasteiger partial charge in [-0.2, -0.15) is 0 Å². The van der Waals surface area contributed by atoms with E-state index >= 15 is 0 Å². The Morgan fingerprint density at radius 3 is 2.83 bits per heavy atom. The van der Waals surface area contributed by atoms with E-state index < -0.39 is 32.2 Å². The lowest BCUT2D eigenvalue weighted by molar-refractivity contribution is -0.118. The number of nitrogens with zero attached hydrogens (tertiary/aromatic N) is 3. The highest BCUT2D eigenvalue weighted by Crippen LogP contribution is 2.47. The second-order valence-corrected chi connectivity index (χ2v) is 8.74. The van der Waals surface area contributed by atoms with Crippen LogP contribution in [0.3, 0.4) is 0 Å². The lowest BCUT2D eigenvalue weighted by Crippen LogP contribution is -2.46. The van der Waals surface area contributed by atoms with E-state index in [-0.39, 0.29) is 37.2 Å². The van der Waals surface area contributed by atoms with Gasteiger partial charge in [0, 0.05) is 35.8 Å². The quantitative estimate of drug-likeness (QED) is 0.793. The van der Waals surface area contributed by atoms with Gasteiger partial charge in [0.2, 0.25) is 11.8 Å². The Morgan fingerprint density at radius 2 is 2.07 bits per heavy atom. The monoisotopic (exact) mass is 424 g/mol. The van der Waals surface area contributed by atoms with Crippen LogP contribution in [-0.2, 0) is 16.0 Å². The van der Waals surface area contributed by atoms with Gasteiger partial charge < -0.3 is 15.2 Å². The van der Waals surface area contributed by atoms with Crippen LogP contribution in [0.1, 0.15) is 65.8 Å². The Balaban J connectivity index is 1.36. The topological polar surface area (TPSA) is 90.6 Å². The predicted octanol–water partition coefficient (Wildman–Crippen LogP) is 2.62. The number of primary amides is 1. The zero-order chi connectivity index (χ0) is 27.0. The lowest BCUT2D eigenvalue weighted by atomic mass is 9.91. The van der Waals surface area contributed by atoms with Gasteiger partial charge in [-0.25, -0.2) is 9.97 Å². The Morgan fingerprint density at radius 1 is 1.28 bits per heavy atom. The van der Waals surface area contributed by atoms with Gasteiger partial charge in [-0.05, 0) is 50.0 Å². The van der Waals surface area contributed by atoms with Crippen molar-refractivity contribution in [3.05, 3.63) is 16.8 Å². The summed E-state index contributed by atoms with van der Waals surface area (Å²) >= 11 is 1.56. The van der Waals surface area contributed by atoms with Crippen LogP contribution in [0.25, 0.3) is 10.2 Å². The summed E-state index contributed by atoms with van der Waals surface area (Å²) in [7, 11) is 0. The van der Waals surface area contributed by atoms with Gasteiger partial charge in [0.05, 0.1) is 24.0 Å². The summed E-state index contributed by atoms with van der Waals surface area (Å²) in [5.41, 5.74) is 6.48. The Kier molecular flexibility index (Phi) is 3.43. The fraction of sp³-hybridized carbons (Fsp3) is 0.667. The van der Waals surface area contributed by atoms with E-state index in [4.69, 9.17) is 21.4 Å². The number of carbonyl (C=O) groups is 1. The summed E-state index contributed by atoms with van der Waals surface area (Å²) in [5, 5.41) is 0.788. The molecule has 0 radical (unpaired) electrons. The molecule has 2 fully saturated rings. The normalized spacial score (nSPS) is 38.8. The SMILES string of the molecule is [2H]C1([2H])OC([2H])([2H])C([2H])([2H])N(C2CCC(Oc3ncnc4sc5c(c34)[C@@H](CC(N)=O)CC5)CC2)C1([2H])[2H]. The van der Waals surface area contributed by atoms with E-state index in [0.29, 0.717) is 23.6 Å². The zero-order valence-electron chi connectivity index (χ0n) is 23.8. The molecule has 7 nitrogen and oxygen atoms in total. The summed E-state index contributed by atoms with van der Waals surface area (Å²) in [5.74, 6) is 0.0274. The van der Waals surface area contributed by atoms with Crippen LogP contribution in [0.4, 0.5) is 0 Å². The molecule has 5 rings (SSSR count). The number of carbonyl (C=O) groups excluding carboxylic acids is 1. The minimum absolute atomic E-state index is 0.0128. The smallest absolute Gasteiger partial charge is 0.225 e. The molecule has 29 heavy (non-hydrogen) atoms. The van der Waals surface area contributed by atoms with Crippen molar-refractivity contribution in [1.82, 2.24) is 14.9 Å². The molecular weight excluding hydrogens is 388 g/mol. The summed E-state index contributed by atoms with van der Waals surface area (Å²) in [6.07, 6.45) is 4.35. The van der Waals surface area contributed by atoms with Crippen molar-refractivity contribution in [3.8, 4) is 5.88 Å². The summed E-state index contributed by atoms with van der Waals surface area (Å²) < 4.78 is 75.8. The van der Waals surface area contributed by atoms with E-state index in [1.807, 2.05) is 0 Å². The van der Waals surface area contributed by atoms with Crippen molar-refractivity contribution in [3.63, 3.8) is 0 Å². The highest BCUT2D eigenvalue weighted by Gasteiger charge is 2.33. The Bertz CT molecular complexity index is 1190. The molecule has 8 heteroatoms. The maximum Gasteiger partial charge on any atom is 0.225 e. The summed E-state index contributed by atoms with van der Waals surface area (Å²) in [6, 6.07) is -0.769. The molecule has 0 bridgehead atoms. The van der Waals surface area contributed by atoms with E-state index in [1.54, 1.807) is 11.3 Å². The summed E-state index contributed by atoms with van der Waals surface area (Å²) in [4.78, 5) is 23.0. The second-order valence-electron chi connectivity index (χ2n) is 7.65. The standard InChI is InChI=1S/C21H28N4O3S/c22-17(26)11-13-1-6-16-18(13)19-20(23-12-24-21(19)29-16)28-15-4-2-14(3-5-15)25-7-9-27-10-8-25/h12-15H,1-11H2,(H2,22,26)/t13-,14?,15?/m1/s1/i7D2,8D2,9D2,10D2. The van der Waals surface area contributed by atoms with Crippen molar-refractivity contribution < 1.29 is 25.2 Å². The molecule has 2 N–H and O–H groups in total. The lowest BCUT2D eigenvalue weighted by Gasteiger charge is -2.38. The third kappa shape index (κ3) is 3.85. The average molecular weight is 425 g/mol. The fourth-order valence-corrected chi connectivity index (χ4v) is 5.77. The van der Waals surface area contributed by atoms with Crippen LogP contribution < -0.4 is 10.5 Å². The van der Waals surface area contributed by atoms with E-state index in [9.17, 15) is 4.79 Å². The molecule has 0 unspecified atom stereocenters. The summed E-state index contributed by atoms with van der Waals surface area (Å²) in [6.45, 7) is -11.9. The highest BCUT2D eigenvalue weighted by atomic mass is 32.1. The van der Waals surface area contributed by atoms with Crippen molar-refractivity contribution in [2.24, 2.45) is 5.73 Å². The number of aryl methyl sites for hydroxylation is 1. The van der Waals surface area contributed by atoms with Crippen LogP contribution in [-0.4, -0.2) is 59.0 Å². The number of nitrogens with two attached hydrogens (primary N) is 1. The Labute approximate surface area is 185 Å². The molecule has 0 aromatic carbocycles. The van der Waals surface area contributed by atoms with E-state index in [1.165, 1.54) is 6.33 Å². The van der Waals surface area contributed by atoms with E-state index in [2.05, 4.69) is 14.7 Å². The molecule has 0 spiro atoms. The van der Waals surface area contributed by atoms with Gasteiger partial charge in [-0.15, -0.1) is 11.3 Å². The number of hydrogen-bond donors (Lipinski definition) is 1. The van der Waals surface area contributed by atoms with Crippen LogP contribution in [0, 0.1) is 0 Å². The van der Waals surface area contributed by atoms with Crippen LogP contribution in [0.2, 0.25) is 0 Å². The number of morpholine rings is 1. The first-order valence-corrected chi connectivity index (χ1v) is 10.7. The zero-order valence-corrected chi connectivity index (χ0v) is 16.6. The van der Waals surface area contributed by atoms with Crippen LogP contribution in [0.15, 0.2) is 6.33 Å². The number of ether oxygens (including phenoxy) is 2. The molecule has 3 aliphatic rings. The van der Waals surface area contributed by atoms with Crippen LogP contribution >= 0.6 is 11.3 Å². The third-order valence-corrected chi connectivity index (χ3v) is 7.04. The molecular formula is C21H28N4O3S. The molecule has 1 amide bonds. The minimum Gasteiger partial charge on any atom is -0.474 e. The van der Waals surface area contributed by atoms with Crippen molar-refractivity contribution in [1.29, 1.82) is 0 Å². The highest BCUT2D eigenvalue weighted by molar-refractivity contribution is 7.19. The Hall–Kier alpha value is -1.77. The van der Waals surface area contributed by atoms with Crippen molar-refractivity contribution in [2.75, 3.05) is 26.1 Å². The van der Waals surface area contributed by atoms with Crippen LogP contribution in [0.5, 0.6) is 5.88 Å². The molecule has 156 valence electrons. The molecule has 2 aromatic rings. The van der Waals surface area contributed by atoms with Crippen molar-refractivity contribution in [2.45, 2.75) is 63.0 Å². The fourth-order valence-electron chi connectivity index (χ4n) is 4.54. The average Bonchev–Trinajstić information content (AvgIpc) is 3.33. The van der Waals surface area contributed by atoms with Gasteiger partial charge >= 0.3 is 0 Å². The number of aromatic nitrogens is 2. The molecule has 2 aromatic heterocycles. The molecule has 1 saturated carbocycles. The van der Waals surface area contributed by atoms with Crippen molar-refractivity contribution >= 4 is 27.5 Å². The molecule has 1 atom stereocenters. The van der Waals surface area contributed by atoms with Gasteiger partial charge in [0.15, 0.2) is 0 Å². The molecule has 2 aliphatic carbocycles. The first kappa shape index (κ1) is 12.2. The first-order chi connectivity index (χ1) is 17.2. The maximum atomic E-state index is 11.6. The molecule has 3 heterocycles. The van der Waals surface area contributed by atoms with Gasteiger partial charge in [-0.1, -0.05) is 0 Å². The maximum absolute atomic E-state index is 11.6. The van der Waals surface area contributed by atoms with E-state index in [0.717, 1.165) is 33.5 Å². The molecule has 1 aliphatic heterocycles. The first-order valence-electron chi connectivity index (χ1n) is 13.9. The minimum atomic E-state index is -3.05. The second kappa shape index (κ2) is 8.16. The number of thiophene rings is 1.